The van der Waals surface area contributed by atoms with Crippen molar-refractivity contribution in [3.63, 3.8) is 0 Å². The van der Waals surface area contributed by atoms with Crippen LogP contribution in [0.15, 0.2) is 48.5 Å². The van der Waals surface area contributed by atoms with Crippen LogP contribution in [0.3, 0.4) is 0 Å². The highest BCUT2D eigenvalue weighted by molar-refractivity contribution is 6.30. The number of carbonyl (C=O) groups is 1. The van der Waals surface area contributed by atoms with Crippen molar-refractivity contribution < 1.29 is 9.18 Å². The van der Waals surface area contributed by atoms with Crippen LogP contribution in [0.2, 0.25) is 5.02 Å². The summed E-state index contributed by atoms with van der Waals surface area (Å²) in [6.45, 7) is 0.0364. The van der Waals surface area contributed by atoms with Crippen molar-refractivity contribution in [1.29, 1.82) is 0 Å². The Morgan fingerprint density at radius 3 is 2.53 bits per heavy atom. The zero-order chi connectivity index (χ0) is 13.7. The zero-order valence-corrected chi connectivity index (χ0v) is 10.7. The number of amides is 1. The molecule has 0 fully saturated rings. The third-order valence-electron chi connectivity index (χ3n) is 2.37. The van der Waals surface area contributed by atoms with E-state index in [1.54, 1.807) is 18.2 Å². The van der Waals surface area contributed by atoms with E-state index in [4.69, 9.17) is 11.6 Å². The first kappa shape index (κ1) is 13.4. The van der Waals surface area contributed by atoms with E-state index in [0.29, 0.717) is 11.4 Å². The van der Waals surface area contributed by atoms with Crippen molar-refractivity contribution in [2.75, 3.05) is 17.2 Å². The largest absolute Gasteiger partial charge is 0.376 e. The molecule has 0 unspecified atom stereocenters. The average molecular weight is 279 g/mol. The normalized spacial score (nSPS) is 10.0. The van der Waals surface area contributed by atoms with E-state index in [2.05, 4.69) is 10.6 Å². The lowest BCUT2D eigenvalue weighted by Crippen LogP contribution is -2.21. The topological polar surface area (TPSA) is 41.1 Å². The highest BCUT2D eigenvalue weighted by atomic mass is 35.5. The summed E-state index contributed by atoms with van der Waals surface area (Å²) in [6.07, 6.45) is 0. The highest BCUT2D eigenvalue weighted by Crippen LogP contribution is 2.17. The summed E-state index contributed by atoms with van der Waals surface area (Å²) in [5, 5.41) is 5.81. The monoisotopic (exact) mass is 278 g/mol. The third kappa shape index (κ3) is 4.26. The Morgan fingerprint density at radius 1 is 1.11 bits per heavy atom. The quantitative estimate of drug-likeness (QED) is 0.898. The molecule has 1 amide bonds. The van der Waals surface area contributed by atoms with Gasteiger partial charge in [-0.2, -0.15) is 0 Å². The average Bonchev–Trinajstić information content (AvgIpc) is 2.36. The molecule has 0 atom stereocenters. The first-order valence-electron chi connectivity index (χ1n) is 5.68. The van der Waals surface area contributed by atoms with Crippen LogP contribution in [0.25, 0.3) is 0 Å². The summed E-state index contributed by atoms with van der Waals surface area (Å²) in [4.78, 5) is 11.7. The van der Waals surface area contributed by atoms with Gasteiger partial charge in [0, 0.05) is 16.4 Å². The molecule has 2 N–H and O–H groups in total. The first-order valence-corrected chi connectivity index (χ1v) is 6.06. The number of nitrogens with one attached hydrogen (secondary N) is 2. The number of benzene rings is 2. The van der Waals surface area contributed by atoms with E-state index in [-0.39, 0.29) is 17.5 Å². The summed E-state index contributed by atoms with van der Waals surface area (Å²) >= 11 is 5.71. The Bertz CT molecular complexity index is 555. The van der Waals surface area contributed by atoms with E-state index < -0.39 is 5.82 Å². The number of halogens is 2. The van der Waals surface area contributed by atoms with E-state index in [1.165, 1.54) is 12.1 Å². The van der Waals surface area contributed by atoms with Crippen molar-refractivity contribution in [2.45, 2.75) is 0 Å². The summed E-state index contributed by atoms with van der Waals surface area (Å²) in [5.74, 6) is -0.662. The number of hydrogen-bond donors (Lipinski definition) is 2. The molecular weight excluding hydrogens is 267 g/mol. The Balaban J connectivity index is 1.90. The van der Waals surface area contributed by atoms with E-state index >= 15 is 0 Å². The molecule has 5 heteroatoms. The number of rotatable bonds is 4. The smallest absolute Gasteiger partial charge is 0.243 e. The lowest BCUT2D eigenvalue weighted by molar-refractivity contribution is -0.114. The molecule has 0 heterocycles. The van der Waals surface area contributed by atoms with Crippen LogP contribution in [0.4, 0.5) is 15.8 Å². The van der Waals surface area contributed by atoms with Crippen molar-refractivity contribution >= 4 is 28.9 Å². The van der Waals surface area contributed by atoms with Gasteiger partial charge >= 0.3 is 0 Å². The fourth-order valence-corrected chi connectivity index (χ4v) is 1.79. The van der Waals surface area contributed by atoms with Crippen molar-refractivity contribution in [3.05, 3.63) is 59.4 Å². The minimum absolute atomic E-state index is 0.0364. The van der Waals surface area contributed by atoms with Crippen LogP contribution in [0.1, 0.15) is 0 Å². The Kier molecular flexibility index (Phi) is 4.36. The van der Waals surface area contributed by atoms with Gasteiger partial charge in [-0.05, 0) is 30.3 Å². The molecule has 0 saturated heterocycles. The fourth-order valence-electron chi connectivity index (χ4n) is 1.56. The van der Waals surface area contributed by atoms with Gasteiger partial charge in [0.15, 0.2) is 0 Å². The molecule has 98 valence electrons. The maximum atomic E-state index is 13.1. The molecule has 0 aromatic heterocycles. The molecule has 0 saturated carbocycles. The molecule has 0 spiro atoms. The van der Waals surface area contributed by atoms with Crippen LogP contribution < -0.4 is 10.6 Å². The van der Waals surface area contributed by atoms with Gasteiger partial charge in [0.25, 0.3) is 0 Å². The Morgan fingerprint density at radius 2 is 1.84 bits per heavy atom. The van der Waals surface area contributed by atoms with Gasteiger partial charge in [0.2, 0.25) is 5.91 Å². The van der Waals surface area contributed by atoms with Gasteiger partial charge in [-0.25, -0.2) is 4.39 Å². The van der Waals surface area contributed by atoms with Crippen molar-refractivity contribution in [2.24, 2.45) is 0 Å². The lowest BCUT2D eigenvalue weighted by atomic mass is 10.3. The van der Waals surface area contributed by atoms with Gasteiger partial charge in [0.1, 0.15) is 5.82 Å². The predicted molar refractivity (Wildman–Crippen MR) is 75.0 cm³/mol. The lowest BCUT2D eigenvalue weighted by Gasteiger charge is -2.08. The predicted octanol–water partition coefficient (Wildman–Crippen LogP) is 3.53. The minimum Gasteiger partial charge on any atom is -0.376 e. The molecule has 2 aromatic rings. The van der Waals surface area contributed by atoms with Crippen LogP contribution in [-0.2, 0) is 4.79 Å². The van der Waals surface area contributed by atoms with Gasteiger partial charge < -0.3 is 10.6 Å². The van der Waals surface area contributed by atoms with Crippen LogP contribution in [0.5, 0.6) is 0 Å². The van der Waals surface area contributed by atoms with Gasteiger partial charge in [-0.15, -0.1) is 0 Å². The molecule has 2 aromatic carbocycles. The summed E-state index contributed by atoms with van der Waals surface area (Å²) in [7, 11) is 0. The molecule has 0 aliphatic heterocycles. The molecule has 0 radical (unpaired) electrons. The number of anilines is 2. The summed E-state index contributed by atoms with van der Waals surface area (Å²) in [5.41, 5.74) is 1.18. The second-order valence-electron chi connectivity index (χ2n) is 3.93. The summed E-state index contributed by atoms with van der Waals surface area (Å²) < 4.78 is 13.1. The highest BCUT2D eigenvalue weighted by Gasteiger charge is 2.03. The van der Waals surface area contributed by atoms with E-state index in [0.717, 1.165) is 0 Å². The van der Waals surface area contributed by atoms with Crippen molar-refractivity contribution in [3.8, 4) is 0 Å². The molecule has 0 aliphatic carbocycles. The molecule has 19 heavy (non-hydrogen) atoms. The molecule has 0 aliphatic rings. The van der Waals surface area contributed by atoms with Gasteiger partial charge in [-0.1, -0.05) is 29.8 Å². The van der Waals surface area contributed by atoms with E-state index in [1.807, 2.05) is 18.2 Å². The first-order chi connectivity index (χ1) is 9.13. The molecule has 0 bridgehead atoms. The van der Waals surface area contributed by atoms with Gasteiger partial charge in [0.05, 0.1) is 6.54 Å². The third-order valence-corrected chi connectivity index (χ3v) is 2.59. The standard InChI is InChI=1S/C14H12ClFN2O/c15-10-6-11(16)8-13(7-10)17-9-14(19)18-12-4-2-1-3-5-12/h1-8,17H,9H2,(H,18,19). The Hall–Kier alpha value is -2.07. The Labute approximate surface area is 115 Å². The second kappa shape index (κ2) is 6.20. The number of hydrogen-bond acceptors (Lipinski definition) is 2. The SMILES string of the molecule is O=C(CNc1cc(F)cc(Cl)c1)Nc1ccccc1. The van der Waals surface area contributed by atoms with Crippen LogP contribution >= 0.6 is 11.6 Å². The zero-order valence-electron chi connectivity index (χ0n) is 9.99. The number of carbonyl (C=O) groups excluding carboxylic acids is 1. The summed E-state index contributed by atoms with van der Waals surface area (Å²) in [6, 6.07) is 13.1. The maximum Gasteiger partial charge on any atom is 0.243 e. The van der Waals surface area contributed by atoms with E-state index in [9.17, 15) is 9.18 Å². The fraction of sp³-hybridized carbons (Fsp3) is 0.0714. The maximum absolute atomic E-state index is 13.1. The minimum atomic E-state index is -0.446. The second-order valence-corrected chi connectivity index (χ2v) is 4.36. The van der Waals surface area contributed by atoms with Crippen LogP contribution in [-0.4, -0.2) is 12.5 Å². The van der Waals surface area contributed by atoms with Crippen molar-refractivity contribution in [1.82, 2.24) is 0 Å². The van der Waals surface area contributed by atoms with Crippen LogP contribution in [0, 0.1) is 5.82 Å². The molecule has 2 rings (SSSR count). The van der Waals surface area contributed by atoms with Gasteiger partial charge in [-0.3, -0.25) is 4.79 Å². The molecular formula is C14H12ClFN2O. The molecule has 3 nitrogen and oxygen atoms in total. The number of para-hydroxylation sites is 1.